The smallest absolute Gasteiger partial charge is 0.332 e. The molecule has 1 rings (SSSR count). The zero-order valence-electron chi connectivity index (χ0n) is 8.90. The summed E-state index contributed by atoms with van der Waals surface area (Å²) in [7, 11) is 0. The van der Waals surface area contributed by atoms with E-state index in [0.29, 0.717) is 0 Å². The quantitative estimate of drug-likeness (QED) is 0.324. The first-order valence-electron chi connectivity index (χ1n) is 4.63. The van der Waals surface area contributed by atoms with Crippen LogP contribution in [0.3, 0.4) is 0 Å². The van der Waals surface area contributed by atoms with Gasteiger partial charge in [0.05, 0.1) is 5.71 Å². The lowest BCUT2D eigenvalue weighted by molar-refractivity contribution is 0.249. The molecule has 0 bridgehead atoms. The number of nitrogens with one attached hydrogen (secondary N) is 3. The summed E-state index contributed by atoms with van der Waals surface area (Å²) < 4.78 is 0. The molecule has 0 radical (unpaired) electrons. The summed E-state index contributed by atoms with van der Waals surface area (Å²) in [4.78, 5) is 36.7. The minimum Gasteiger partial charge on any atom is -0.494 e. The summed E-state index contributed by atoms with van der Waals surface area (Å²) in [6, 6.07) is -0.906. The molecule has 2 amide bonds. The van der Waals surface area contributed by atoms with E-state index in [-0.39, 0.29) is 17.7 Å². The molecule has 6 N–H and O–H groups in total. The minimum absolute atomic E-state index is 0.0822. The van der Waals surface area contributed by atoms with Gasteiger partial charge < -0.3 is 10.8 Å². The fourth-order valence-electron chi connectivity index (χ4n) is 1.18. The number of hydrogen-bond donors (Lipinski definition) is 5. The van der Waals surface area contributed by atoms with Crippen LogP contribution in [0, 0.1) is 0 Å². The molecule has 0 atom stereocenters. The van der Waals surface area contributed by atoms with Crippen LogP contribution in [0.4, 0.5) is 4.79 Å². The van der Waals surface area contributed by atoms with E-state index >= 15 is 0 Å². The normalized spacial score (nSPS) is 11.2. The second-order valence-electron chi connectivity index (χ2n) is 3.02. The van der Waals surface area contributed by atoms with Crippen molar-refractivity contribution in [2.75, 3.05) is 0 Å². The van der Waals surface area contributed by atoms with Gasteiger partial charge in [-0.3, -0.25) is 14.8 Å². The molecule has 0 aliphatic heterocycles. The van der Waals surface area contributed by atoms with Gasteiger partial charge in [-0.2, -0.15) is 5.10 Å². The number of H-pyrrole nitrogens is 2. The van der Waals surface area contributed by atoms with Crippen molar-refractivity contribution < 1.29 is 9.90 Å². The predicted molar refractivity (Wildman–Crippen MR) is 58.9 cm³/mol. The van der Waals surface area contributed by atoms with Crippen molar-refractivity contribution in [3.8, 4) is 5.88 Å². The Bertz CT molecular complexity index is 570. The zero-order chi connectivity index (χ0) is 13.0. The van der Waals surface area contributed by atoms with E-state index < -0.39 is 23.2 Å². The van der Waals surface area contributed by atoms with Gasteiger partial charge in [0.1, 0.15) is 5.56 Å². The van der Waals surface area contributed by atoms with E-state index in [2.05, 4.69) is 5.10 Å². The zero-order valence-corrected chi connectivity index (χ0v) is 8.90. The second kappa shape index (κ2) is 4.96. The average molecular weight is 241 g/mol. The molecular weight excluding hydrogens is 230 g/mol. The number of hydrogen-bond acceptors (Lipinski definition) is 5. The van der Waals surface area contributed by atoms with Gasteiger partial charge in [0.15, 0.2) is 0 Å². The molecule has 1 heterocycles. The third kappa shape index (κ3) is 2.93. The van der Waals surface area contributed by atoms with Crippen LogP contribution in [0.2, 0.25) is 0 Å². The van der Waals surface area contributed by atoms with E-state index in [1.165, 1.54) is 0 Å². The molecule has 9 nitrogen and oxygen atoms in total. The van der Waals surface area contributed by atoms with Gasteiger partial charge in [0, 0.05) is 0 Å². The SMILES string of the molecule is CC/C(=N/NC(N)=O)c1c(O)[nH]c(=O)[nH]c1=O. The highest BCUT2D eigenvalue weighted by atomic mass is 16.3. The average Bonchev–Trinajstić information content (AvgIpc) is 2.21. The van der Waals surface area contributed by atoms with Crippen LogP contribution in [0.5, 0.6) is 5.88 Å². The lowest BCUT2D eigenvalue weighted by Gasteiger charge is -2.04. The Labute approximate surface area is 94.4 Å². The number of rotatable bonds is 3. The molecule has 0 aromatic carbocycles. The molecule has 1 aromatic heterocycles. The molecule has 0 saturated heterocycles. The summed E-state index contributed by atoms with van der Waals surface area (Å²) >= 11 is 0. The van der Waals surface area contributed by atoms with Crippen molar-refractivity contribution in [3.63, 3.8) is 0 Å². The first-order valence-corrected chi connectivity index (χ1v) is 4.63. The summed E-state index contributed by atoms with van der Waals surface area (Å²) in [5, 5.41) is 13.0. The summed E-state index contributed by atoms with van der Waals surface area (Å²) in [5.74, 6) is -0.620. The summed E-state index contributed by atoms with van der Waals surface area (Å²) in [6.45, 7) is 1.64. The molecule has 0 spiro atoms. The van der Waals surface area contributed by atoms with E-state index in [4.69, 9.17) is 5.73 Å². The van der Waals surface area contributed by atoms with Crippen molar-refractivity contribution in [1.29, 1.82) is 0 Å². The molecule has 92 valence electrons. The molecule has 1 aromatic rings. The Morgan fingerprint density at radius 3 is 2.59 bits per heavy atom. The number of aromatic nitrogens is 2. The number of hydrazone groups is 1. The van der Waals surface area contributed by atoms with Crippen LogP contribution in [-0.4, -0.2) is 26.8 Å². The number of urea groups is 1. The fourth-order valence-corrected chi connectivity index (χ4v) is 1.18. The fraction of sp³-hybridized carbons (Fsp3) is 0.250. The molecule has 0 fully saturated rings. The Kier molecular flexibility index (Phi) is 3.65. The standard InChI is InChI=1S/C8H11N5O4/c1-2-3(12-13-7(9)16)4-5(14)10-8(17)11-6(4)15/h2H2,1H3,(H3,9,13,16)(H3,10,11,14,15,17)/b12-3-. The predicted octanol–water partition coefficient (Wildman–Crippen LogP) is -1.45. The van der Waals surface area contributed by atoms with E-state index in [9.17, 15) is 19.5 Å². The third-order valence-corrected chi connectivity index (χ3v) is 1.85. The lowest BCUT2D eigenvalue weighted by atomic mass is 10.1. The van der Waals surface area contributed by atoms with Crippen LogP contribution < -0.4 is 22.4 Å². The number of amides is 2. The number of carbonyl (C=O) groups excluding carboxylic acids is 1. The highest BCUT2D eigenvalue weighted by Crippen LogP contribution is 2.08. The number of aromatic hydroxyl groups is 1. The largest absolute Gasteiger partial charge is 0.494 e. The van der Waals surface area contributed by atoms with Gasteiger partial charge in [-0.1, -0.05) is 6.92 Å². The molecule has 0 aliphatic carbocycles. The van der Waals surface area contributed by atoms with Gasteiger partial charge in [0.25, 0.3) is 5.56 Å². The van der Waals surface area contributed by atoms with Gasteiger partial charge in [-0.25, -0.2) is 15.0 Å². The lowest BCUT2D eigenvalue weighted by Crippen LogP contribution is -2.30. The van der Waals surface area contributed by atoms with Crippen molar-refractivity contribution in [1.82, 2.24) is 15.4 Å². The van der Waals surface area contributed by atoms with Crippen LogP contribution in [-0.2, 0) is 0 Å². The number of nitrogens with two attached hydrogens (primary N) is 1. The molecule has 0 unspecified atom stereocenters. The number of carbonyl (C=O) groups is 1. The van der Waals surface area contributed by atoms with E-state index in [0.717, 1.165) is 0 Å². The maximum absolute atomic E-state index is 11.4. The molecule has 17 heavy (non-hydrogen) atoms. The van der Waals surface area contributed by atoms with E-state index in [1.807, 2.05) is 15.4 Å². The minimum atomic E-state index is -0.906. The highest BCUT2D eigenvalue weighted by Gasteiger charge is 2.14. The molecule has 0 saturated carbocycles. The van der Waals surface area contributed by atoms with Crippen LogP contribution in [0.15, 0.2) is 14.7 Å². The number of primary amides is 1. The van der Waals surface area contributed by atoms with Crippen LogP contribution in [0.1, 0.15) is 18.9 Å². The van der Waals surface area contributed by atoms with Crippen molar-refractivity contribution in [2.24, 2.45) is 10.8 Å². The number of nitrogens with zero attached hydrogens (tertiary/aromatic N) is 1. The van der Waals surface area contributed by atoms with Gasteiger partial charge in [-0.05, 0) is 6.42 Å². The van der Waals surface area contributed by atoms with Gasteiger partial charge in [0.2, 0.25) is 5.88 Å². The maximum Gasteiger partial charge on any atom is 0.332 e. The maximum atomic E-state index is 11.4. The highest BCUT2D eigenvalue weighted by molar-refractivity contribution is 6.02. The van der Waals surface area contributed by atoms with Gasteiger partial charge >= 0.3 is 11.7 Å². The summed E-state index contributed by atoms with van der Waals surface area (Å²) in [5.41, 5.74) is 4.96. The van der Waals surface area contributed by atoms with E-state index in [1.54, 1.807) is 6.92 Å². The van der Waals surface area contributed by atoms with Gasteiger partial charge in [-0.15, -0.1) is 0 Å². The Morgan fingerprint density at radius 2 is 2.12 bits per heavy atom. The van der Waals surface area contributed by atoms with Crippen molar-refractivity contribution in [2.45, 2.75) is 13.3 Å². The molecular formula is C8H11N5O4. The Hall–Kier alpha value is -2.58. The van der Waals surface area contributed by atoms with Crippen molar-refractivity contribution in [3.05, 3.63) is 26.4 Å². The monoisotopic (exact) mass is 241 g/mol. The Balaban J connectivity index is 3.31. The molecule has 0 aliphatic rings. The number of aromatic amines is 2. The Morgan fingerprint density at radius 1 is 1.47 bits per heavy atom. The molecule has 9 heteroatoms. The van der Waals surface area contributed by atoms with Crippen LogP contribution in [0.25, 0.3) is 0 Å². The first-order chi connectivity index (χ1) is 7.95. The topological polar surface area (TPSA) is 153 Å². The first kappa shape index (κ1) is 12.5. The third-order valence-electron chi connectivity index (χ3n) is 1.85. The van der Waals surface area contributed by atoms with Crippen molar-refractivity contribution >= 4 is 11.7 Å². The van der Waals surface area contributed by atoms with Crippen LogP contribution >= 0.6 is 0 Å². The summed E-state index contributed by atoms with van der Waals surface area (Å²) in [6.07, 6.45) is 0.239. The second-order valence-corrected chi connectivity index (χ2v) is 3.02.